The summed E-state index contributed by atoms with van der Waals surface area (Å²) >= 11 is 0. The monoisotopic (exact) mass is 668 g/mol. The van der Waals surface area contributed by atoms with Gasteiger partial charge in [-0.05, 0) is 69.7 Å². The molecule has 1 atom stereocenters. The molecule has 0 radical (unpaired) electrons. The molecule has 12 nitrogen and oxygen atoms in total. The summed E-state index contributed by atoms with van der Waals surface area (Å²) in [7, 11) is -3.03. The van der Waals surface area contributed by atoms with Gasteiger partial charge >= 0.3 is 5.97 Å². The molecule has 1 aliphatic heterocycles. The Hall–Kier alpha value is -3.71. The van der Waals surface area contributed by atoms with Crippen LogP contribution < -0.4 is 15.8 Å². The zero-order valence-corrected chi connectivity index (χ0v) is 28.5. The molecule has 1 saturated carbocycles. The average molecular weight is 669 g/mol. The third kappa shape index (κ3) is 9.01. The van der Waals surface area contributed by atoms with Crippen molar-refractivity contribution in [2.24, 2.45) is 11.7 Å². The predicted molar refractivity (Wildman–Crippen MR) is 181 cm³/mol. The molecule has 0 spiro atoms. The molecule has 47 heavy (non-hydrogen) atoms. The number of carbonyl (C=O) groups excluding carboxylic acids is 2. The molecule has 3 aromatic rings. The van der Waals surface area contributed by atoms with E-state index in [2.05, 4.69) is 10.3 Å². The number of rotatable bonds is 13. The topological polar surface area (TPSA) is 159 Å². The van der Waals surface area contributed by atoms with Gasteiger partial charge in [-0.3, -0.25) is 9.59 Å². The van der Waals surface area contributed by atoms with E-state index in [9.17, 15) is 18.0 Å². The third-order valence-corrected chi connectivity index (χ3v) is 10.2. The van der Waals surface area contributed by atoms with Gasteiger partial charge in [0.05, 0.1) is 17.9 Å². The van der Waals surface area contributed by atoms with E-state index in [1.807, 2.05) is 52.9 Å². The summed E-state index contributed by atoms with van der Waals surface area (Å²) in [6.07, 6.45) is 11.1. The average Bonchev–Trinajstić information content (AvgIpc) is 3.48. The number of fused-ring (bicyclic) bond motifs is 1. The molecule has 1 aromatic carbocycles. The minimum atomic E-state index is -3.03. The molecule has 3 N–H and O–H groups in total. The second kappa shape index (κ2) is 15.0. The number of ether oxygens (including phenoxy) is 2. The van der Waals surface area contributed by atoms with E-state index in [-0.39, 0.29) is 35.7 Å². The van der Waals surface area contributed by atoms with Gasteiger partial charge in [0.1, 0.15) is 33.0 Å². The maximum atomic E-state index is 13.3. The van der Waals surface area contributed by atoms with Crippen LogP contribution in [-0.4, -0.2) is 89.1 Å². The van der Waals surface area contributed by atoms with E-state index >= 15 is 0 Å². The molecule has 5 rings (SSSR count). The molecule has 2 aromatic heterocycles. The van der Waals surface area contributed by atoms with Crippen LogP contribution in [0.5, 0.6) is 5.75 Å². The molecular weight excluding hydrogens is 620 g/mol. The summed E-state index contributed by atoms with van der Waals surface area (Å²) < 4.78 is 36.5. The first kappa shape index (κ1) is 34.6. The maximum Gasteiger partial charge on any atom is 0.326 e. The number of aromatic nitrogens is 3. The smallest absolute Gasteiger partial charge is 0.326 e. The van der Waals surface area contributed by atoms with Crippen molar-refractivity contribution in [1.82, 2.24) is 19.4 Å². The van der Waals surface area contributed by atoms with Crippen molar-refractivity contribution >= 4 is 38.6 Å². The normalized spacial score (nSPS) is 20.5. The number of nitrogens with one attached hydrogen (secondary N) is 1. The van der Waals surface area contributed by atoms with Gasteiger partial charge in [0.25, 0.3) is 0 Å². The summed E-state index contributed by atoms with van der Waals surface area (Å²) in [6.45, 7) is 5.21. The summed E-state index contributed by atoms with van der Waals surface area (Å²) in [6, 6.07) is 9.76. The Bertz CT molecular complexity index is 1640. The van der Waals surface area contributed by atoms with E-state index in [1.165, 1.54) is 6.26 Å². The lowest BCUT2D eigenvalue weighted by atomic mass is 9.85. The predicted octanol–water partition coefficient (Wildman–Crippen LogP) is 4.26. The maximum absolute atomic E-state index is 13.3. The zero-order chi connectivity index (χ0) is 33.6. The lowest BCUT2D eigenvalue weighted by molar-refractivity contribution is -0.158. The first-order valence-corrected chi connectivity index (χ1v) is 18.8. The quantitative estimate of drug-likeness (QED) is 0.199. The van der Waals surface area contributed by atoms with Crippen molar-refractivity contribution in [3.05, 3.63) is 42.7 Å². The molecule has 1 saturated heterocycles. The van der Waals surface area contributed by atoms with Crippen LogP contribution in [0.15, 0.2) is 42.7 Å². The van der Waals surface area contributed by atoms with Crippen molar-refractivity contribution < 1.29 is 27.5 Å². The second-order valence-electron chi connectivity index (χ2n) is 13.2. The fourth-order valence-corrected chi connectivity index (χ4v) is 7.19. The van der Waals surface area contributed by atoms with Gasteiger partial charge < -0.3 is 30.0 Å². The molecule has 2 fully saturated rings. The van der Waals surface area contributed by atoms with Crippen molar-refractivity contribution in [1.29, 1.82) is 0 Å². The molecule has 1 unspecified atom stereocenters. The molecule has 1 aliphatic carbocycles. The van der Waals surface area contributed by atoms with E-state index in [1.54, 1.807) is 13.1 Å². The number of amides is 1. The number of nitrogens with zero attached hydrogens (tertiary/aromatic N) is 4. The number of sulfone groups is 1. The number of anilines is 1. The third-order valence-electron chi connectivity index (χ3n) is 9.17. The highest BCUT2D eigenvalue weighted by Gasteiger charge is 2.35. The van der Waals surface area contributed by atoms with Gasteiger partial charge in [-0.15, -0.1) is 0 Å². The van der Waals surface area contributed by atoms with E-state index in [0.717, 1.165) is 43.0 Å². The molecule has 2 aliphatic rings. The first-order chi connectivity index (χ1) is 22.4. The Balaban J connectivity index is 1.11. The minimum Gasteiger partial charge on any atom is -0.493 e. The number of benzene rings is 1. The zero-order valence-electron chi connectivity index (χ0n) is 27.7. The lowest BCUT2D eigenvalue weighted by Crippen LogP contribution is -2.49. The Morgan fingerprint density at radius 1 is 1.09 bits per heavy atom. The number of hydrogen-bond donors (Lipinski definition) is 2. The SMILES string of the molecule is CCCC(C)(N)C(=O)OC1CCN(C(=O)C2CCC(Nc3nccc(-n4ccc5c(OCCCS(C)(=O)=O)cccc54)n3)CC2)CC1. The fourth-order valence-electron chi connectivity index (χ4n) is 6.55. The lowest BCUT2D eigenvalue weighted by Gasteiger charge is -2.37. The van der Waals surface area contributed by atoms with Gasteiger partial charge in [-0.25, -0.2) is 13.4 Å². The first-order valence-electron chi connectivity index (χ1n) is 16.7. The standard InChI is InChI=1S/C34H48N6O6S/c1-4-17-34(2,35)32(42)46-26-14-19-39(20-15-26)31(41)24-9-11-25(12-10-24)37-33-36-18-13-30(38-33)40-21-16-27-28(40)7-5-8-29(27)45-22-6-23-47(3,43)44/h5,7-8,13,16,18,21,24-26H,4,6,9-12,14-15,17,19-20,22-23,35H2,1-3H3,(H,36,37,38). The van der Waals surface area contributed by atoms with Gasteiger partial charge in [0.15, 0.2) is 0 Å². The number of likely N-dealkylation sites (tertiary alicyclic amines) is 1. The number of carbonyl (C=O) groups is 2. The highest BCUT2D eigenvalue weighted by Crippen LogP contribution is 2.31. The second-order valence-corrected chi connectivity index (χ2v) is 15.5. The Labute approximate surface area is 277 Å². The Kier molecular flexibility index (Phi) is 11.1. The molecule has 1 amide bonds. The van der Waals surface area contributed by atoms with E-state index in [4.69, 9.17) is 20.2 Å². The van der Waals surface area contributed by atoms with E-state index in [0.29, 0.717) is 62.9 Å². The molecule has 13 heteroatoms. The summed E-state index contributed by atoms with van der Waals surface area (Å²) in [5, 5.41) is 4.40. The van der Waals surface area contributed by atoms with Crippen LogP contribution in [0, 0.1) is 5.92 Å². The van der Waals surface area contributed by atoms with Crippen LogP contribution in [-0.2, 0) is 24.2 Å². The number of esters is 1. The molecular formula is C34H48N6O6S. The highest BCUT2D eigenvalue weighted by molar-refractivity contribution is 7.90. The van der Waals surface area contributed by atoms with Crippen molar-refractivity contribution in [3.8, 4) is 11.6 Å². The summed E-state index contributed by atoms with van der Waals surface area (Å²) in [5.74, 6) is 1.87. The van der Waals surface area contributed by atoms with Crippen LogP contribution in [0.1, 0.15) is 71.6 Å². The van der Waals surface area contributed by atoms with Crippen LogP contribution in [0.2, 0.25) is 0 Å². The van der Waals surface area contributed by atoms with E-state index < -0.39 is 15.4 Å². The summed E-state index contributed by atoms with van der Waals surface area (Å²) in [5.41, 5.74) is 6.08. The molecule has 256 valence electrons. The van der Waals surface area contributed by atoms with Crippen LogP contribution in [0.3, 0.4) is 0 Å². The Morgan fingerprint density at radius 2 is 1.83 bits per heavy atom. The minimum absolute atomic E-state index is 0.00896. The van der Waals surface area contributed by atoms with Crippen LogP contribution in [0.25, 0.3) is 16.7 Å². The van der Waals surface area contributed by atoms with Gasteiger partial charge in [-0.1, -0.05) is 19.4 Å². The molecule has 0 bridgehead atoms. The highest BCUT2D eigenvalue weighted by atomic mass is 32.2. The fraction of sp³-hybridized carbons (Fsp3) is 0.588. The van der Waals surface area contributed by atoms with Gasteiger partial charge in [0.2, 0.25) is 11.9 Å². The number of piperidine rings is 1. The Morgan fingerprint density at radius 3 is 2.53 bits per heavy atom. The van der Waals surface area contributed by atoms with Crippen LogP contribution in [0.4, 0.5) is 5.95 Å². The molecule has 3 heterocycles. The van der Waals surface area contributed by atoms with Gasteiger partial charge in [0, 0.05) is 61.9 Å². The number of nitrogens with two attached hydrogens (primary N) is 1. The van der Waals surface area contributed by atoms with Crippen molar-refractivity contribution in [3.63, 3.8) is 0 Å². The van der Waals surface area contributed by atoms with Gasteiger partial charge in [-0.2, -0.15) is 4.98 Å². The van der Waals surface area contributed by atoms with Crippen molar-refractivity contribution in [2.45, 2.75) is 89.3 Å². The largest absolute Gasteiger partial charge is 0.493 e. The summed E-state index contributed by atoms with van der Waals surface area (Å²) in [4.78, 5) is 37.0. The van der Waals surface area contributed by atoms with Crippen LogP contribution >= 0.6 is 0 Å². The number of hydrogen-bond acceptors (Lipinski definition) is 10. The van der Waals surface area contributed by atoms with Crippen molar-refractivity contribution in [2.75, 3.05) is 37.0 Å².